The van der Waals surface area contributed by atoms with Gasteiger partial charge >= 0.3 is 0 Å². The van der Waals surface area contributed by atoms with Crippen LogP contribution in [-0.4, -0.2) is 20.0 Å². The third-order valence-corrected chi connectivity index (χ3v) is 3.51. The predicted octanol–water partition coefficient (Wildman–Crippen LogP) is 3.44. The molecule has 0 radical (unpaired) electrons. The minimum absolute atomic E-state index is 0.00287. The van der Waals surface area contributed by atoms with Gasteiger partial charge in [-0.2, -0.15) is 4.98 Å². The number of aromatic nitrogens is 2. The molecule has 0 N–H and O–H groups in total. The van der Waals surface area contributed by atoms with Gasteiger partial charge < -0.3 is 9.26 Å². The van der Waals surface area contributed by atoms with Gasteiger partial charge in [0.05, 0.1) is 9.85 Å². The third-order valence-electron chi connectivity index (χ3n) is 3.51. The smallest absolute Gasteiger partial charge is 0.272 e. The second-order valence-corrected chi connectivity index (χ2v) is 5.31. The summed E-state index contributed by atoms with van der Waals surface area (Å²) in [5.74, 6) is 0.790. The molecule has 0 fully saturated rings. The minimum Gasteiger partial charge on any atom is -0.484 e. The number of non-ortho nitro benzene ring substituents is 1. The Kier molecular flexibility index (Phi) is 4.56. The van der Waals surface area contributed by atoms with Crippen LogP contribution in [0.3, 0.4) is 0 Å². The Hall–Kier alpha value is -3.82. The van der Waals surface area contributed by atoms with E-state index >= 15 is 0 Å². The zero-order valence-electron chi connectivity index (χ0n) is 13.5. The molecule has 10 nitrogen and oxygen atoms in total. The predicted molar refractivity (Wildman–Crippen MR) is 88.6 cm³/mol. The number of nitrogens with zero attached hydrogens (tertiary/aromatic N) is 4. The first-order valence-electron chi connectivity index (χ1n) is 7.39. The molecule has 0 unspecified atom stereocenters. The van der Waals surface area contributed by atoms with Crippen LogP contribution < -0.4 is 4.74 Å². The van der Waals surface area contributed by atoms with Gasteiger partial charge in [-0.15, -0.1) is 0 Å². The van der Waals surface area contributed by atoms with Crippen LogP contribution in [0.2, 0.25) is 0 Å². The van der Waals surface area contributed by atoms with Gasteiger partial charge in [-0.05, 0) is 19.1 Å². The zero-order chi connectivity index (χ0) is 18.7. The molecule has 26 heavy (non-hydrogen) atoms. The van der Waals surface area contributed by atoms with E-state index in [0.29, 0.717) is 16.9 Å². The highest BCUT2D eigenvalue weighted by Crippen LogP contribution is 2.24. The fourth-order valence-electron chi connectivity index (χ4n) is 2.26. The molecule has 0 aliphatic heterocycles. The van der Waals surface area contributed by atoms with Crippen molar-refractivity contribution in [3.8, 4) is 17.1 Å². The van der Waals surface area contributed by atoms with Gasteiger partial charge in [-0.1, -0.05) is 17.3 Å². The van der Waals surface area contributed by atoms with Gasteiger partial charge in [0.25, 0.3) is 17.3 Å². The summed E-state index contributed by atoms with van der Waals surface area (Å²) in [5.41, 5.74) is 0.838. The standard InChI is InChI=1S/C16H12N4O6/c1-10-7-13(5-6-14(10)20(23)24)25-9-15-17-16(18-26-15)11-3-2-4-12(8-11)19(21)22/h2-8H,9H2,1H3. The van der Waals surface area contributed by atoms with Crippen LogP contribution in [0.1, 0.15) is 11.5 Å². The van der Waals surface area contributed by atoms with Gasteiger partial charge in [-0.3, -0.25) is 20.2 Å². The molecule has 0 spiro atoms. The number of nitro groups is 2. The van der Waals surface area contributed by atoms with Gasteiger partial charge in [0.2, 0.25) is 5.82 Å². The highest BCUT2D eigenvalue weighted by Gasteiger charge is 2.14. The van der Waals surface area contributed by atoms with Gasteiger partial charge in [-0.25, -0.2) is 0 Å². The topological polar surface area (TPSA) is 134 Å². The lowest BCUT2D eigenvalue weighted by Crippen LogP contribution is -1.97. The van der Waals surface area contributed by atoms with E-state index in [2.05, 4.69) is 10.1 Å². The lowest BCUT2D eigenvalue weighted by Gasteiger charge is -2.04. The Morgan fingerprint density at radius 2 is 1.92 bits per heavy atom. The second kappa shape index (κ2) is 6.97. The van der Waals surface area contributed by atoms with E-state index in [9.17, 15) is 20.2 Å². The summed E-state index contributed by atoms with van der Waals surface area (Å²) >= 11 is 0. The van der Waals surface area contributed by atoms with Crippen LogP contribution in [0.25, 0.3) is 11.4 Å². The van der Waals surface area contributed by atoms with Gasteiger partial charge in [0, 0.05) is 29.3 Å². The Labute approximate surface area is 146 Å². The fourth-order valence-corrected chi connectivity index (χ4v) is 2.26. The molecule has 3 aromatic rings. The van der Waals surface area contributed by atoms with Crippen LogP contribution in [-0.2, 0) is 6.61 Å². The van der Waals surface area contributed by atoms with Crippen molar-refractivity contribution in [2.24, 2.45) is 0 Å². The van der Waals surface area contributed by atoms with E-state index in [1.165, 1.54) is 36.4 Å². The van der Waals surface area contributed by atoms with Crippen LogP contribution >= 0.6 is 0 Å². The maximum absolute atomic E-state index is 10.8. The van der Waals surface area contributed by atoms with Crippen LogP contribution in [0.5, 0.6) is 5.75 Å². The van der Waals surface area contributed by atoms with E-state index < -0.39 is 9.85 Å². The average molecular weight is 356 g/mol. The molecule has 132 valence electrons. The van der Waals surface area contributed by atoms with Crippen molar-refractivity contribution in [2.45, 2.75) is 13.5 Å². The second-order valence-electron chi connectivity index (χ2n) is 5.31. The summed E-state index contributed by atoms with van der Waals surface area (Å²) in [6, 6.07) is 10.2. The van der Waals surface area contributed by atoms with E-state index in [1.54, 1.807) is 13.0 Å². The first-order chi connectivity index (χ1) is 12.4. The Balaban J connectivity index is 1.71. The first-order valence-corrected chi connectivity index (χ1v) is 7.39. The van der Waals surface area contributed by atoms with Crippen molar-refractivity contribution in [2.75, 3.05) is 0 Å². The van der Waals surface area contributed by atoms with Crippen molar-refractivity contribution in [1.82, 2.24) is 10.1 Å². The minimum atomic E-state index is -0.509. The molecule has 0 aliphatic carbocycles. The maximum atomic E-state index is 10.8. The molecular weight excluding hydrogens is 344 g/mol. The van der Waals surface area contributed by atoms with Crippen molar-refractivity contribution in [3.05, 3.63) is 74.1 Å². The molecule has 3 rings (SSSR count). The Morgan fingerprint density at radius 3 is 2.62 bits per heavy atom. The van der Waals surface area contributed by atoms with Crippen molar-refractivity contribution < 1.29 is 19.1 Å². The Morgan fingerprint density at radius 1 is 1.12 bits per heavy atom. The van der Waals surface area contributed by atoms with E-state index in [0.717, 1.165) is 0 Å². The largest absolute Gasteiger partial charge is 0.484 e. The summed E-state index contributed by atoms with van der Waals surface area (Å²) in [4.78, 5) is 24.8. The van der Waals surface area contributed by atoms with E-state index in [1.807, 2.05) is 0 Å². The van der Waals surface area contributed by atoms with Gasteiger partial charge in [0.1, 0.15) is 5.75 Å². The fraction of sp³-hybridized carbons (Fsp3) is 0.125. The third kappa shape index (κ3) is 3.64. The Bertz CT molecular complexity index is 984. The number of hydrogen-bond acceptors (Lipinski definition) is 8. The first kappa shape index (κ1) is 17.0. The molecule has 0 amide bonds. The molecule has 0 aliphatic rings. The summed E-state index contributed by atoms with van der Waals surface area (Å²) in [6.07, 6.45) is 0. The normalized spacial score (nSPS) is 10.5. The van der Waals surface area contributed by atoms with Crippen LogP contribution in [0, 0.1) is 27.2 Å². The zero-order valence-corrected chi connectivity index (χ0v) is 13.5. The lowest BCUT2D eigenvalue weighted by atomic mass is 10.2. The van der Waals surface area contributed by atoms with E-state index in [4.69, 9.17) is 9.26 Å². The molecule has 10 heteroatoms. The monoisotopic (exact) mass is 356 g/mol. The number of rotatable bonds is 6. The number of aryl methyl sites for hydroxylation is 1. The number of benzene rings is 2. The quantitative estimate of drug-likeness (QED) is 0.484. The number of nitro benzene ring substituents is 2. The molecule has 0 bridgehead atoms. The van der Waals surface area contributed by atoms with E-state index in [-0.39, 0.29) is 29.7 Å². The molecule has 0 atom stereocenters. The van der Waals surface area contributed by atoms with Crippen LogP contribution in [0.4, 0.5) is 11.4 Å². The number of ether oxygens (including phenoxy) is 1. The number of hydrogen-bond donors (Lipinski definition) is 0. The highest BCUT2D eigenvalue weighted by atomic mass is 16.6. The summed E-state index contributed by atoms with van der Waals surface area (Å²) in [5, 5.41) is 25.4. The molecular formula is C16H12N4O6. The summed E-state index contributed by atoms with van der Waals surface area (Å²) < 4.78 is 10.6. The van der Waals surface area contributed by atoms with Crippen molar-refractivity contribution >= 4 is 11.4 Å². The van der Waals surface area contributed by atoms with Gasteiger partial charge in [0.15, 0.2) is 6.61 Å². The molecule has 1 heterocycles. The van der Waals surface area contributed by atoms with Crippen molar-refractivity contribution in [3.63, 3.8) is 0 Å². The molecule has 0 saturated heterocycles. The molecule has 1 aromatic heterocycles. The average Bonchev–Trinajstić information content (AvgIpc) is 3.09. The maximum Gasteiger partial charge on any atom is 0.272 e. The lowest BCUT2D eigenvalue weighted by molar-refractivity contribution is -0.385. The summed E-state index contributed by atoms with van der Waals surface area (Å²) in [6.45, 7) is 1.57. The van der Waals surface area contributed by atoms with Crippen molar-refractivity contribution in [1.29, 1.82) is 0 Å². The highest BCUT2D eigenvalue weighted by molar-refractivity contribution is 5.58. The molecule has 0 saturated carbocycles. The van der Waals surface area contributed by atoms with Crippen LogP contribution in [0.15, 0.2) is 47.0 Å². The summed E-state index contributed by atoms with van der Waals surface area (Å²) in [7, 11) is 0. The molecule has 2 aromatic carbocycles. The SMILES string of the molecule is Cc1cc(OCc2nc(-c3cccc([N+](=O)[O-])c3)no2)ccc1[N+](=O)[O-].